The monoisotopic (exact) mass is 363 g/mol. The number of hydrogen-bond acceptors (Lipinski definition) is 2. The minimum absolute atomic E-state index is 0.0381. The smallest absolute Gasteiger partial charge is 0.180 e. The Hall–Kier alpha value is -3.10. The molecular weight excluding hydrogens is 342 g/mol. The van der Waals surface area contributed by atoms with Crippen molar-refractivity contribution in [2.45, 2.75) is 18.7 Å². The van der Waals surface area contributed by atoms with Crippen molar-refractivity contribution >= 4 is 10.8 Å². The minimum Gasteiger partial charge on any atom is -0.470 e. The quantitative estimate of drug-likeness (QED) is 0.419. The molecule has 2 aliphatic heterocycles. The van der Waals surface area contributed by atoms with Gasteiger partial charge in [0.2, 0.25) is 0 Å². The predicted molar refractivity (Wildman–Crippen MR) is 112 cm³/mol. The average molecular weight is 363 g/mol. The van der Waals surface area contributed by atoms with Crippen LogP contribution in [0.2, 0.25) is 0 Å². The van der Waals surface area contributed by atoms with Crippen LogP contribution < -0.4 is 4.74 Å². The fraction of sp³-hybridized carbons (Fsp3) is 0.154. The zero-order valence-corrected chi connectivity index (χ0v) is 15.6. The predicted octanol–water partition coefficient (Wildman–Crippen LogP) is 5.88. The topological polar surface area (TPSA) is 12.5 Å². The Balaban J connectivity index is 1.62. The molecule has 6 rings (SSSR count). The lowest BCUT2D eigenvalue weighted by Crippen LogP contribution is -2.44. The van der Waals surface area contributed by atoms with Crippen LogP contribution in [0.1, 0.15) is 34.5 Å². The van der Waals surface area contributed by atoms with E-state index in [1.165, 1.54) is 33.0 Å². The third-order valence-electron chi connectivity index (χ3n) is 6.15. The van der Waals surface area contributed by atoms with Gasteiger partial charge in [-0.3, -0.25) is 4.90 Å². The number of nitrogens with zero attached hydrogens (tertiary/aromatic N) is 1. The molecule has 4 aromatic rings. The molecule has 0 radical (unpaired) electrons. The summed E-state index contributed by atoms with van der Waals surface area (Å²) in [4.78, 5) is 2.53. The highest BCUT2D eigenvalue weighted by Crippen LogP contribution is 2.49. The molecule has 0 aliphatic carbocycles. The first-order valence-corrected chi connectivity index (χ1v) is 9.97. The van der Waals surface area contributed by atoms with E-state index in [-0.39, 0.29) is 12.3 Å². The Labute approximate surface area is 165 Å². The lowest BCUT2D eigenvalue weighted by molar-refractivity contribution is -0.0260. The minimum atomic E-state index is -0.0381. The van der Waals surface area contributed by atoms with E-state index in [9.17, 15) is 0 Å². The van der Waals surface area contributed by atoms with Gasteiger partial charge in [-0.15, -0.1) is 0 Å². The van der Waals surface area contributed by atoms with E-state index in [0.717, 1.165) is 18.7 Å². The van der Waals surface area contributed by atoms with Crippen LogP contribution in [0.15, 0.2) is 91.0 Å². The van der Waals surface area contributed by atoms with Crippen LogP contribution in [0.5, 0.6) is 5.75 Å². The van der Waals surface area contributed by atoms with Crippen molar-refractivity contribution in [1.82, 2.24) is 4.90 Å². The molecule has 2 heterocycles. The molecule has 0 amide bonds. The maximum atomic E-state index is 6.65. The second-order valence-corrected chi connectivity index (χ2v) is 7.67. The first-order valence-electron chi connectivity index (χ1n) is 9.97. The van der Waals surface area contributed by atoms with Crippen LogP contribution in [0.3, 0.4) is 0 Å². The molecule has 2 aliphatic rings. The molecule has 0 unspecified atom stereocenters. The molecule has 136 valence electrons. The van der Waals surface area contributed by atoms with Crippen molar-refractivity contribution in [2.24, 2.45) is 0 Å². The van der Waals surface area contributed by atoms with E-state index < -0.39 is 0 Å². The third kappa shape index (κ3) is 2.31. The normalized spacial score (nSPS) is 20.7. The van der Waals surface area contributed by atoms with Crippen LogP contribution in [0.25, 0.3) is 10.8 Å². The molecule has 28 heavy (non-hydrogen) atoms. The standard InChI is InChI=1S/C26H21NO/c1-2-10-20(11-3-1)25-24-21-12-6-4-8-18(21)14-15-23(24)28-26-22-13-7-5-9-19(22)16-17-27(25)26/h1-15,25-26H,16-17H2/t25-,26+/m1/s1. The highest BCUT2D eigenvalue weighted by atomic mass is 16.5. The summed E-state index contributed by atoms with van der Waals surface area (Å²) < 4.78 is 6.65. The fourth-order valence-corrected chi connectivity index (χ4v) is 4.88. The van der Waals surface area contributed by atoms with Crippen molar-refractivity contribution in [3.63, 3.8) is 0 Å². The molecule has 0 spiro atoms. The number of rotatable bonds is 1. The molecule has 2 nitrogen and oxygen atoms in total. The lowest BCUT2D eigenvalue weighted by atomic mass is 9.87. The highest BCUT2D eigenvalue weighted by molar-refractivity contribution is 5.89. The molecule has 2 atom stereocenters. The highest BCUT2D eigenvalue weighted by Gasteiger charge is 2.41. The van der Waals surface area contributed by atoms with Crippen molar-refractivity contribution in [3.05, 3.63) is 113 Å². The van der Waals surface area contributed by atoms with Gasteiger partial charge in [0, 0.05) is 17.7 Å². The van der Waals surface area contributed by atoms with Gasteiger partial charge in [-0.25, -0.2) is 0 Å². The van der Waals surface area contributed by atoms with E-state index in [1.54, 1.807) is 0 Å². The Bertz CT molecular complexity index is 1170. The van der Waals surface area contributed by atoms with Gasteiger partial charge >= 0.3 is 0 Å². The second kappa shape index (κ2) is 6.22. The summed E-state index contributed by atoms with van der Waals surface area (Å²) in [6.45, 7) is 0.990. The molecule has 0 N–H and O–H groups in total. The number of hydrogen-bond donors (Lipinski definition) is 0. The Kier molecular flexibility index (Phi) is 3.53. The number of ether oxygens (including phenoxy) is 1. The van der Waals surface area contributed by atoms with Gasteiger partial charge in [0.1, 0.15) is 5.75 Å². The summed E-state index contributed by atoms with van der Waals surface area (Å²) in [5.41, 5.74) is 5.32. The molecule has 0 saturated carbocycles. The van der Waals surface area contributed by atoms with Crippen LogP contribution >= 0.6 is 0 Å². The van der Waals surface area contributed by atoms with Crippen LogP contribution in [-0.2, 0) is 6.42 Å². The van der Waals surface area contributed by atoms with Gasteiger partial charge in [0.05, 0.1) is 6.04 Å². The van der Waals surface area contributed by atoms with Crippen molar-refractivity contribution < 1.29 is 4.74 Å². The summed E-state index contributed by atoms with van der Waals surface area (Å²) in [6, 6.07) is 32.8. The lowest BCUT2D eigenvalue weighted by Gasteiger charge is -2.46. The summed E-state index contributed by atoms with van der Waals surface area (Å²) in [6.07, 6.45) is 1.02. The SMILES string of the molecule is c1ccc([C@@H]2c3c(ccc4ccccc34)O[C@H]3c4ccccc4CCN23)cc1. The van der Waals surface area contributed by atoms with Gasteiger partial charge in [0.15, 0.2) is 6.23 Å². The third-order valence-corrected chi connectivity index (χ3v) is 6.15. The van der Waals surface area contributed by atoms with Crippen LogP contribution in [0, 0.1) is 0 Å². The van der Waals surface area contributed by atoms with Crippen molar-refractivity contribution in [2.75, 3.05) is 6.54 Å². The second-order valence-electron chi connectivity index (χ2n) is 7.67. The molecule has 0 aromatic heterocycles. The zero-order valence-electron chi connectivity index (χ0n) is 15.6. The molecule has 0 saturated heterocycles. The van der Waals surface area contributed by atoms with E-state index in [1.807, 2.05) is 0 Å². The van der Waals surface area contributed by atoms with Gasteiger partial charge in [0.25, 0.3) is 0 Å². The van der Waals surface area contributed by atoms with E-state index in [2.05, 4.69) is 95.9 Å². The fourth-order valence-electron chi connectivity index (χ4n) is 4.88. The molecule has 0 bridgehead atoms. The maximum Gasteiger partial charge on any atom is 0.180 e. The Morgan fingerprint density at radius 2 is 1.54 bits per heavy atom. The van der Waals surface area contributed by atoms with Crippen molar-refractivity contribution in [1.29, 1.82) is 0 Å². The first kappa shape index (κ1) is 15.9. The van der Waals surface area contributed by atoms with E-state index in [0.29, 0.717) is 0 Å². The number of benzene rings is 4. The van der Waals surface area contributed by atoms with E-state index in [4.69, 9.17) is 4.74 Å². The molecule has 0 fully saturated rings. The summed E-state index contributed by atoms with van der Waals surface area (Å²) in [5, 5.41) is 2.55. The summed E-state index contributed by atoms with van der Waals surface area (Å²) >= 11 is 0. The Morgan fingerprint density at radius 1 is 0.750 bits per heavy atom. The van der Waals surface area contributed by atoms with Gasteiger partial charge in [-0.05, 0) is 34.4 Å². The van der Waals surface area contributed by atoms with Gasteiger partial charge in [-0.2, -0.15) is 0 Å². The average Bonchev–Trinajstić information content (AvgIpc) is 2.78. The maximum absolute atomic E-state index is 6.65. The van der Waals surface area contributed by atoms with Crippen LogP contribution in [-0.4, -0.2) is 11.4 Å². The molecular formula is C26H21NO. The Morgan fingerprint density at radius 3 is 2.46 bits per heavy atom. The van der Waals surface area contributed by atoms with Crippen molar-refractivity contribution in [3.8, 4) is 5.75 Å². The van der Waals surface area contributed by atoms with Gasteiger partial charge < -0.3 is 4.74 Å². The molecule has 2 heteroatoms. The summed E-state index contributed by atoms with van der Waals surface area (Å²) in [5.74, 6) is 1.01. The molecule has 4 aromatic carbocycles. The number of fused-ring (bicyclic) bond motifs is 6. The van der Waals surface area contributed by atoms with E-state index >= 15 is 0 Å². The largest absolute Gasteiger partial charge is 0.470 e. The first-order chi connectivity index (χ1) is 13.9. The van der Waals surface area contributed by atoms with Crippen LogP contribution in [0.4, 0.5) is 0 Å². The van der Waals surface area contributed by atoms with Gasteiger partial charge in [-0.1, -0.05) is 84.9 Å². The zero-order chi connectivity index (χ0) is 18.5. The summed E-state index contributed by atoms with van der Waals surface area (Å²) in [7, 11) is 0.